The minimum Gasteiger partial charge on any atom is -0.507 e. The highest BCUT2D eigenvalue weighted by atomic mass is 16.5. The van der Waals surface area contributed by atoms with Crippen LogP contribution in [-0.2, 0) is 14.3 Å². The topological polar surface area (TPSA) is 85.3 Å². The Hall–Kier alpha value is -4.10. The van der Waals surface area contributed by atoms with Crippen LogP contribution in [0.3, 0.4) is 0 Å². The van der Waals surface area contributed by atoms with Crippen LogP contribution in [0.4, 0.5) is 0 Å². The predicted octanol–water partition coefficient (Wildman–Crippen LogP) is 5.33. The summed E-state index contributed by atoms with van der Waals surface area (Å²) < 4.78 is 16.8. The van der Waals surface area contributed by atoms with Crippen molar-refractivity contribution in [3.8, 4) is 17.2 Å². The van der Waals surface area contributed by atoms with Gasteiger partial charge in [-0.3, -0.25) is 9.59 Å². The fourth-order valence-electron chi connectivity index (χ4n) is 4.12. The molecule has 1 amide bonds. The number of benzene rings is 3. The van der Waals surface area contributed by atoms with E-state index in [1.165, 1.54) is 4.90 Å². The van der Waals surface area contributed by atoms with Crippen LogP contribution < -0.4 is 9.47 Å². The van der Waals surface area contributed by atoms with E-state index in [0.717, 1.165) is 0 Å². The Morgan fingerprint density at radius 3 is 2.28 bits per heavy atom. The van der Waals surface area contributed by atoms with Gasteiger partial charge in [0, 0.05) is 12.1 Å². The minimum atomic E-state index is -0.804. The first-order valence-corrected chi connectivity index (χ1v) is 11.8. The molecule has 3 aromatic rings. The van der Waals surface area contributed by atoms with Crippen LogP contribution in [0.5, 0.6) is 17.2 Å². The highest BCUT2D eigenvalue weighted by Gasteiger charge is 2.46. The molecule has 1 unspecified atom stereocenters. The van der Waals surface area contributed by atoms with Gasteiger partial charge in [-0.2, -0.15) is 0 Å². The summed E-state index contributed by atoms with van der Waals surface area (Å²) >= 11 is 0. The predicted molar refractivity (Wildman–Crippen MR) is 136 cm³/mol. The highest BCUT2D eigenvalue weighted by molar-refractivity contribution is 6.46. The molecule has 7 nitrogen and oxygen atoms in total. The maximum absolute atomic E-state index is 13.2. The van der Waals surface area contributed by atoms with Crippen molar-refractivity contribution in [2.24, 2.45) is 0 Å². The molecule has 1 atom stereocenters. The van der Waals surface area contributed by atoms with Crippen LogP contribution in [0.25, 0.3) is 5.76 Å². The van der Waals surface area contributed by atoms with Gasteiger partial charge in [-0.15, -0.1) is 0 Å². The molecule has 0 radical (unpaired) electrons. The van der Waals surface area contributed by atoms with E-state index < -0.39 is 17.7 Å². The van der Waals surface area contributed by atoms with Crippen molar-refractivity contribution >= 4 is 17.4 Å². The van der Waals surface area contributed by atoms with Crippen LogP contribution >= 0.6 is 0 Å². The molecular weight excluding hydrogens is 458 g/mol. The zero-order valence-corrected chi connectivity index (χ0v) is 20.5. The number of aliphatic hydroxyl groups excluding tert-OH is 1. The van der Waals surface area contributed by atoms with E-state index in [4.69, 9.17) is 14.2 Å². The average molecular weight is 488 g/mol. The zero-order chi connectivity index (χ0) is 25.7. The van der Waals surface area contributed by atoms with Gasteiger partial charge in [0.05, 0.1) is 31.4 Å². The van der Waals surface area contributed by atoms with Gasteiger partial charge in [0.2, 0.25) is 0 Å². The molecule has 0 aromatic heterocycles. The maximum atomic E-state index is 13.2. The molecule has 3 aromatic carbocycles. The summed E-state index contributed by atoms with van der Waals surface area (Å²) in [4.78, 5) is 27.8. The van der Waals surface area contributed by atoms with Gasteiger partial charge >= 0.3 is 0 Å². The van der Waals surface area contributed by atoms with E-state index in [1.54, 1.807) is 49.6 Å². The fourth-order valence-corrected chi connectivity index (χ4v) is 4.12. The van der Waals surface area contributed by atoms with Crippen molar-refractivity contribution in [1.82, 2.24) is 4.90 Å². The Morgan fingerprint density at radius 1 is 0.917 bits per heavy atom. The lowest BCUT2D eigenvalue weighted by molar-refractivity contribution is -0.140. The summed E-state index contributed by atoms with van der Waals surface area (Å²) in [5.41, 5.74) is 1.07. The van der Waals surface area contributed by atoms with Gasteiger partial charge in [0.1, 0.15) is 23.0 Å². The third-order valence-electron chi connectivity index (χ3n) is 5.84. The first kappa shape index (κ1) is 25.0. The molecule has 0 saturated carbocycles. The average Bonchev–Trinajstić information content (AvgIpc) is 3.14. The summed E-state index contributed by atoms with van der Waals surface area (Å²) in [6.45, 7) is 4.25. The standard InChI is InChI=1S/C29H29NO6/c1-19(2)35-17-16-30-26(21-8-7-11-24(18-21)36-23-9-5-4-6-10-23)25(28(32)29(30)33)27(31)20-12-14-22(34-3)15-13-20/h4-15,18-19,26,31H,16-17H2,1-3H3/b27-25-. The summed E-state index contributed by atoms with van der Waals surface area (Å²) in [7, 11) is 1.55. The molecule has 1 N–H and O–H groups in total. The first-order valence-electron chi connectivity index (χ1n) is 11.8. The van der Waals surface area contributed by atoms with Gasteiger partial charge in [0.15, 0.2) is 0 Å². The maximum Gasteiger partial charge on any atom is 0.295 e. The van der Waals surface area contributed by atoms with E-state index in [0.29, 0.717) is 28.4 Å². The van der Waals surface area contributed by atoms with E-state index in [9.17, 15) is 14.7 Å². The van der Waals surface area contributed by atoms with Crippen LogP contribution in [0.1, 0.15) is 31.0 Å². The van der Waals surface area contributed by atoms with Crippen molar-refractivity contribution in [1.29, 1.82) is 0 Å². The molecule has 1 heterocycles. The number of nitrogens with zero attached hydrogens (tertiary/aromatic N) is 1. The number of ketones is 1. The second-order valence-electron chi connectivity index (χ2n) is 8.63. The number of para-hydroxylation sites is 1. The summed E-state index contributed by atoms with van der Waals surface area (Å²) in [5.74, 6) is 0.145. The number of hydrogen-bond acceptors (Lipinski definition) is 6. The van der Waals surface area contributed by atoms with Crippen LogP contribution in [0.15, 0.2) is 84.4 Å². The second-order valence-corrected chi connectivity index (χ2v) is 8.63. The van der Waals surface area contributed by atoms with Crippen LogP contribution in [-0.4, -0.2) is 48.1 Å². The SMILES string of the molecule is COc1ccc(/C(O)=C2/C(=O)C(=O)N(CCOC(C)C)C2c2cccc(Oc3ccccc3)c2)cc1. The number of rotatable bonds is 9. The van der Waals surface area contributed by atoms with E-state index in [1.807, 2.05) is 50.2 Å². The van der Waals surface area contributed by atoms with E-state index in [2.05, 4.69) is 0 Å². The normalized spacial score (nSPS) is 17.0. The Balaban J connectivity index is 1.76. The van der Waals surface area contributed by atoms with Gasteiger partial charge < -0.3 is 24.2 Å². The lowest BCUT2D eigenvalue weighted by Crippen LogP contribution is -2.33. The van der Waals surface area contributed by atoms with Crippen molar-refractivity contribution < 1.29 is 28.9 Å². The van der Waals surface area contributed by atoms with Crippen LogP contribution in [0, 0.1) is 0 Å². The summed E-state index contributed by atoms with van der Waals surface area (Å²) in [6.07, 6.45) is -0.0258. The smallest absolute Gasteiger partial charge is 0.295 e. The molecule has 1 saturated heterocycles. The second kappa shape index (κ2) is 11.1. The van der Waals surface area contributed by atoms with Crippen molar-refractivity contribution in [3.63, 3.8) is 0 Å². The fraction of sp³-hybridized carbons (Fsp3) is 0.241. The van der Waals surface area contributed by atoms with E-state index in [-0.39, 0.29) is 30.6 Å². The number of carbonyl (C=O) groups excluding carboxylic acids is 2. The molecule has 186 valence electrons. The summed E-state index contributed by atoms with van der Waals surface area (Å²) in [6, 6.07) is 22.4. The molecule has 0 spiro atoms. The lowest BCUT2D eigenvalue weighted by Gasteiger charge is -2.26. The molecule has 7 heteroatoms. The number of aliphatic hydroxyl groups is 1. The molecule has 36 heavy (non-hydrogen) atoms. The molecule has 0 aliphatic carbocycles. The lowest BCUT2D eigenvalue weighted by atomic mass is 9.95. The van der Waals surface area contributed by atoms with Crippen molar-refractivity contribution in [3.05, 3.63) is 95.6 Å². The Kier molecular flexibility index (Phi) is 7.71. The highest BCUT2D eigenvalue weighted by Crippen LogP contribution is 2.40. The molecule has 1 aliphatic rings. The number of likely N-dealkylation sites (tertiary alicyclic amines) is 1. The number of hydrogen-bond donors (Lipinski definition) is 1. The Morgan fingerprint density at radius 2 is 1.61 bits per heavy atom. The van der Waals surface area contributed by atoms with Crippen molar-refractivity contribution in [2.75, 3.05) is 20.3 Å². The number of Topliss-reactive ketones (excluding diaryl/α,β-unsaturated/α-hetero) is 1. The summed E-state index contributed by atoms with van der Waals surface area (Å²) in [5, 5.41) is 11.2. The first-order chi connectivity index (χ1) is 17.4. The monoisotopic (exact) mass is 487 g/mol. The third-order valence-corrected chi connectivity index (χ3v) is 5.84. The molecule has 4 rings (SSSR count). The number of ether oxygens (including phenoxy) is 3. The quantitative estimate of drug-likeness (QED) is 0.249. The van der Waals surface area contributed by atoms with E-state index >= 15 is 0 Å². The molecule has 1 aliphatic heterocycles. The van der Waals surface area contributed by atoms with Gasteiger partial charge in [0.25, 0.3) is 11.7 Å². The van der Waals surface area contributed by atoms with Crippen LogP contribution in [0.2, 0.25) is 0 Å². The molecule has 0 bridgehead atoms. The molecular formula is C29H29NO6. The third kappa shape index (κ3) is 5.42. The van der Waals surface area contributed by atoms with Gasteiger partial charge in [-0.1, -0.05) is 30.3 Å². The Bertz CT molecular complexity index is 1250. The Labute approximate surface area is 210 Å². The number of carbonyl (C=O) groups is 2. The van der Waals surface area contributed by atoms with Crippen molar-refractivity contribution in [2.45, 2.75) is 26.0 Å². The largest absolute Gasteiger partial charge is 0.507 e. The zero-order valence-electron chi connectivity index (χ0n) is 20.5. The number of amides is 1. The van der Waals surface area contributed by atoms with Gasteiger partial charge in [-0.25, -0.2) is 0 Å². The molecule has 1 fully saturated rings. The minimum absolute atomic E-state index is 0.0200. The number of methoxy groups -OCH3 is 1. The van der Waals surface area contributed by atoms with Gasteiger partial charge in [-0.05, 0) is 67.9 Å².